The molecule has 5 rings (SSSR count). The second kappa shape index (κ2) is 9.02. The summed E-state index contributed by atoms with van der Waals surface area (Å²) >= 11 is 0. The molecule has 0 radical (unpaired) electrons. The highest BCUT2D eigenvalue weighted by Gasteiger charge is 2.46. The van der Waals surface area contributed by atoms with Crippen molar-refractivity contribution in [2.45, 2.75) is 50.2 Å². The van der Waals surface area contributed by atoms with E-state index in [0.29, 0.717) is 30.6 Å². The second-order valence-corrected chi connectivity index (χ2v) is 9.02. The fourth-order valence-corrected chi connectivity index (χ4v) is 5.11. The molecule has 1 saturated heterocycles. The number of likely N-dealkylation sites (tertiary alicyclic amines) is 1. The first kappa shape index (κ1) is 21.7. The van der Waals surface area contributed by atoms with Gasteiger partial charge in [-0.05, 0) is 37.0 Å². The molecule has 1 aliphatic carbocycles. The third-order valence-corrected chi connectivity index (χ3v) is 7.00. The Morgan fingerprint density at radius 1 is 1.15 bits per heavy atom. The fourth-order valence-electron chi connectivity index (χ4n) is 5.11. The lowest BCUT2D eigenvalue weighted by Gasteiger charge is -2.31. The minimum Gasteiger partial charge on any atom is -0.481 e. The lowest BCUT2D eigenvalue weighted by molar-refractivity contribution is 0.0781. The van der Waals surface area contributed by atoms with Crippen LogP contribution in [0.1, 0.15) is 48.0 Å². The largest absolute Gasteiger partial charge is 0.481 e. The molecule has 33 heavy (non-hydrogen) atoms. The zero-order chi connectivity index (χ0) is 22.8. The molecule has 2 aliphatic heterocycles. The predicted molar refractivity (Wildman–Crippen MR) is 127 cm³/mol. The number of rotatable bonds is 4. The minimum atomic E-state index is -0.412. The van der Waals surface area contributed by atoms with E-state index in [0.717, 1.165) is 37.3 Å². The summed E-state index contributed by atoms with van der Waals surface area (Å²) in [7, 11) is 3.06. The number of aromatic nitrogens is 1. The van der Waals surface area contributed by atoms with Crippen molar-refractivity contribution in [3.8, 4) is 11.8 Å². The topological polar surface area (TPSA) is 88.1 Å². The van der Waals surface area contributed by atoms with Gasteiger partial charge in [0.2, 0.25) is 11.8 Å². The van der Waals surface area contributed by atoms with Crippen molar-refractivity contribution in [2.24, 2.45) is 4.99 Å². The van der Waals surface area contributed by atoms with Gasteiger partial charge in [-0.25, -0.2) is 0 Å². The van der Waals surface area contributed by atoms with Crippen LogP contribution in [0.25, 0.3) is 0 Å². The summed E-state index contributed by atoms with van der Waals surface area (Å²) in [6.07, 6.45) is 5.50. The first-order valence-electron chi connectivity index (χ1n) is 11.7. The van der Waals surface area contributed by atoms with Crippen molar-refractivity contribution in [1.29, 1.82) is 0 Å². The van der Waals surface area contributed by atoms with Crippen molar-refractivity contribution >= 4 is 17.4 Å². The van der Waals surface area contributed by atoms with Gasteiger partial charge in [0.15, 0.2) is 0 Å². The SMILES string of the molecule is COc1ccc(C(=O)N2CCC3(C2)NCc2ccccc2NC3=NC2CCCC2)c(OC)n1. The second-order valence-electron chi connectivity index (χ2n) is 9.02. The molecule has 8 heteroatoms. The molecule has 1 aromatic carbocycles. The van der Waals surface area contributed by atoms with E-state index in [-0.39, 0.29) is 11.8 Å². The van der Waals surface area contributed by atoms with E-state index in [1.165, 1.54) is 25.5 Å². The number of nitrogens with one attached hydrogen (secondary N) is 2. The van der Waals surface area contributed by atoms with Crippen LogP contribution >= 0.6 is 0 Å². The number of carbonyl (C=O) groups is 1. The van der Waals surface area contributed by atoms with Crippen LogP contribution in [0.15, 0.2) is 41.4 Å². The molecule has 0 bridgehead atoms. The van der Waals surface area contributed by atoms with Gasteiger partial charge in [0.1, 0.15) is 11.4 Å². The van der Waals surface area contributed by atoms with Gasteiger partial charge >= 0.3 is 0 Å². The molecule has 1 spiro atoms. The number of pyridine rings is 1. The molecule has 3 aliphatic rings. The van der Waals surface area contributed by atoms with Crippen LogP contribution in [0.2, 0.25) is 0 Å². The third kappa shape index (κ3) is 4.15. The third-order valence-electron chi connectivity index (χ3n) is 7.00. The first-order chi connectivity index (χ1) is 16.1. The zero-order valence-corrected chi connectivity index (χ0v) is 19.3. The van der Waals surface area contributed by atoms with Crippen LogP contribution in [-0.2, 0) is 6.54 Å². The van der Waals surface area contributed by atoms with Gasteiger partial charge in [-0.15, -0.1) is 0 Å². The summed E-state index contributed by atoms with van der Waals surface area (Å²) in [6.45, 7) is 1.89. The van der Waals surface area contributed by atoms with E-state index in [1.54, 1.807) is 19.2 Å². The number of amides is 1. The maximum atomic E-state index is 13.5. The minimum absolute atomic E-state index is 0.0948. The van der Waals surface area contributed by atoms with E-state index in [9.17, 15) is 4.79 Å². The zero-order valence-electron chi connectivity index (χ0n) is 19.3. The molecule has 3 heterocycles. The van der Waals surface area contributed by atoms with Crippen LogP contribution in [0.3, 0.4) is 0 Å². The molecular formula is C25H31N5O3. The number of carbonyl (C=O) groups excluding carboxylic acids is 1. The van der Waals surface area contributed by atoms with E-state index < -0.39 is 5.54 Å². The lowest BCUT2D eigenvalue weighted by Crippen LogP contribution is -2.55. The van der Waals surface area contributed by atoms with Gasteiger partial charge in [-0.2, -0.15) is 4.98 Å². The summed E-state index contributed by atoms with van der Waals surface area (Å²) in [4.78, 5) is 24.9. The Labute approximate surface area is 194 Å². The molecule has 2 fully saturated rings. The van der Waals surface area contributed by atoms with Gasteiger partial charge in [0, 0.05) is 31.4 Å². The smallest absolute Gasteiger partial charge is 0.259 e. The van der Waals surface area contributed by atoms with E-state index in [1.807, 2.05) is 11.0 Å². The van der Waals surface area contributed by atoms with E-state index >= 15 is 0 Å². The summed E-state index contributed by atoms with van der Waals surface area (Å²) in [6, 6.07) is 12.1. The molecular weight excluding hydrogens is 418 g/mol. The quantitative estimate of drug-likeness (QED) is 0.745. The highest BCUT2D eigenvalue weighted by atomic mass is 16.5. The Bertz CT molecular complexity index is 1070. The number of fused-ring (bicyclic) bond motifs is 1. The number of hydrogen-bond acceptors (Lipinski definition) is 6. The van der Waals surface area contributed by atoms with Gasteiger partial charge in [0.25, 0.3) is 5.91 Å². The molecule has 174 valence electrons. The van der Waals surface area contributed by atoms with Gasteiger partial charge in [-0.1, -0.05) is 31.0 Å². The number of amidine groups is 1. The van der Waals surface area contributed by atoms with Gasteiger partial charge < -0.3 is 19.7 Å². The maximum Gasteiger partial charge on any atom is 0.259 e. The Balaban J connectivity index is 1.44. The number of hydrogen-bond donors (Lipinski definition) is 2. The number of benzene rings is 1. The number of ether oxygens (including phenoxy) is 2. The fraction of sp³-hybridized carbons (Fsp3) is 0.480. The number of anilines is 1. The van der Waals surface area contributed by atoms with E-state index in [2.05, 4.69) is 33.8 Å². The van der Waals surface area contributed by atoms with Crippen molar-refractivity contribution in [1.82, 2.24) is 15.2 Å². The first-order valence-corrected chi connectivity index (χ1v) is 11.7. The number of aliphatic imine (C=N–C) groups is 1. The van der Waals surface area contributed by atoms with Crippen molar-refractivity contribution in [2.75, 3.05) is 32.6 Å². The van der Waals surface area contributed by atoms with Crippen LogP contribution in [0, 0.1) is 0 Å². The Kier molecular flexibility index (Phi) is 5.93. The number of nitrogens with zero attached hydrogens (tertiary/aromatic N) is 3. The summed E-state index contributed by atoms with van der Waals surface area (Å²) < 4.78 is 10.6. The van der Waals surface area contributed by atoms with Crippen LogP contribution in [0.5, 0.6) is 11.8 Å². The Morgan fingerprint density at radius 3 is 2.76 bits per heavy atom. The van der Waals surface area contributed by atoms with Gasteiger partial charge in [0.05, 0.1) is 25.8 Å². The molecule has 1 atom stereocenters. The molecule has 2 aromatic rings. The van der Waals surface area contributed by atoms with E-state index in [4.69, 9.17) is 14.5 Å². The molecule has 1 aromatic heterocycles. The highest BCUT2D eigenvalue weighted by Crippen LogP contribution is 2.33. The van der Waals surface area contributed by atoms with Crippen molar-refractivity contribution in [3.05, 3.63) is 47.5 Å². The average Bonchev–Trinajstić information content (AvgIpc) is 3.50. The molecule has 1 unspecified atom stereocenters. The molecule has 1 saturated carbocycles. The average molecular weight is 450 g/mol. The maximum absolute atomic E-state index is 13.5. The monoisotopic (exact) mass is 449 g/mol. The number of methoxy groups -OCH3 is 2. The standard InChI is InChI=1S/C25H31N5O3/c1-32-21-12-11-19(22(29-21)33-2)23(31)30-14-13-25(16-30)24(27-18-8-4-5-9-18)28-20-10-6-3-7-17(20)15-26-25/h3,6-7,10-12,18,26H,4-5,8-9,13-16H2,1-2H3,(H,27,28). The molecule has 1 amide bonds. The molecule has 2 N–H and O–H groups in total. The van der Waals surface area contributed by atoms with Gasteiger partial charge in [-0.3, -0.25) is 15.1 Å². The van der Waals surface area contributed by atoms with Crippen LogP contribution in [-0.4, -0.2) is 60.5 Å². The molecule has 8 nitrogen and oxygen atoms in total. The Morgan fingerprint density at radius 2 is 1.97 bits per heavy atom. The normalized spacial score (nSPS) is 23.9. The summed E-state index contributed by atoms with van der Waals surface area (Å²) in [5.41, 5.74) is 2.32. The highest BCUT2D eigenvalue weighted by molar-refractivity contribution is 6.05. The lowest BCUT2D eigenvalue weighted by atomic mass is 9.96. The Hall–Kier alpha value is -3.13. The van der Waals surface area contributed by atoms with Crippen molar-refractivity contribution in [3.63, 3.8) is 0 Å². The predicted octanol–water partition coefficient (Wildman–Crippen LogP) is 3.24. The summed E-state index contributed by atoms with van der Waals surface area (Å²) in [5, 5.41) is 7.42. The van der Waals surface area contributed by atoms with Crippen LogP contribution < -0.4 is 20.1 Å². The van der Waals surface area contributed by atoms with Crippen LogP contribution in [0.4, 0.5) is 5.69 Å². The summed E-state index contributed by atoms with van der Waals surface area (Å²) in [5.74, 6) is 1.55. The van der Waals surface area contributed by atoms with Crippen molar-refractivity contribution < 1.29 is 14.3 Å². The number of para-hydroxylation sites is 1.